The van der Waals surface area contributed by atoms with Crippen LogP contribution in [0.15, 0.2) is 176 Å². The fraction of sp³-hybridized carbons (Fsp3) is 0.177. The molecule has 0 fully saturated rings. The van der Waals surface area contributed by atoms with Crippen molar-refractivity contribution >= 4 is 0 Å². The third-order valence-corrected chi connectivity index (χ3v) is 13.6. The molecule has 75 heavy (non-hydrogen) atoms. The summed E-state index contributed by atoms with van der Waals surface area (Å²) < 4.78 is 114. The van der Waals surface area contributed by atoms with Crippen LogP contribution in [-0.4, -0.2) is 12.4 Å². The highest BCUT2D eigenvalue weighted by Crippen LogP contribution is 2.57. The molecule has 0 saturated heterocycles. The zero-order valence-electron chi connectivity index (χ0n) is 41.5. The maximum atomic E-state index is 15.1. The molecule has 0 atom stereocenters. The predicted octanol–water partition coefficient (Wildman–Crippen LogP) is 17.2. The highest BCUT2D eigenvalue weighted by molar-refractivity contribution is 5.57. The first-order valence-corrected chi connectivity index (χ1v) is 23.5. The first kappa shape index (κ1) is 52.3. The minimum Gasteiger partial charge on any atom is -0.456 e. The molecule has 0 aliphatic heterocycles. The van der Waals surface area contributed by atoms with Crippen molar-refractivity contribution in [2.24, 2.45) is 0 Å². The van der Waals surface area contributed by atoms with E-state index >= 15 is 26.3 Å². The second-order valence-corrected chi connectivity index (χ2v) is 18.9. The van der Waals surface area contributed by atoms with Crippen LogP contribution in [-0.2, 0) is 16.2 Å². The molecule has 0 aliphatic carbocycles. The van der Waals surface area contributed by atoms with Crippen LogP contribution in [0.4, 0.5) is 26.3 Å². The quantitative estimate of drug-likeness (QED) is 0.0998. The van der Waals surface area contributed by atoms with E-state index in [1.165, 1.54) is 24.3 Å². The van der Waals surface area contributed by atoms with E-state index in [0.717, 1.165) is 52.1 Å². The summed E-state index contributed by atoms with van der Waals surface area (Å²) in [6.45, 7) is 12.1. The summed E-state index contributed by atoms with van der Waals surface area (Å²) in [5.41, 5.74) is -1.38. The SMILES string of the molecule is Cc1cccc(Oc2ccc(C(C)(C)c3cccc(C(C)(C)c4ccc(Oc5cccc(Oc6ccc(C(c7ccc(Oc8cccc(C)c8C#N)cc7)(C(F)(F)F)C(F)(F)F)cc6)c5C#N)cc4)c3)cc2)c1C#N. The van der Waals surface area contributed by atoms with Crippen LogP contribution in [0, 0.1) is 47.8 Å². The Morgan fingerprint density at radius 2 is 0.600 bits per heavy atom. The Balaban J connectivity index is 0.980. The molecule has 0 bridgehead atoms. The number of ether oxygens (including phenoxy) is 4. The van der Waals surface area contributed by atoms with Crippen LogP contribution < -0.4 is 18.9 Å². The van der Waals surface area contributed by atoms with Crippen LogP contribution in [0.1, 0.15) is 88.9 Å². The van der Waals surface area contributed by atoms with Gasteiger partial charge in [-0.2, -0.15) is 42.1 Å². The third-order valence-electron chi connectivity index (χ3n) is 13.6. The van der Waals surface area contributed by atoms with Gasteiger partial charge in [0.05, 0.1) is 11.1 Å². The number of rotatable bonds is 14. The van der Waals surface area contributed by atoms with Gasteiger partial charge in [0.25, 0.3) is 0 Å². The van der Waals surface area contributed by atoms with E-state index in [1.807, 2.05) is 73.7 Å². The zero-order valence-corrected chi connectivity index (χ0v) is 41.5. The Hall–Kier alpha value is -8.99. The van der Waals surface area contributed by atoms with Crippen molar-refractivity contribution in [2.45, 2.75) is 70.1 Å². The van der Waals surface area contributed by atoms with Crippen molar-refractivity contribution in [3.63, 3.8) is 0 Å². The molecule has 0 saturated carbocycles. The van der Waals surface area contributed by atoms with E-state index < -0.39 is 39.7 Å². The Morgan fingerprint density at radius 1 is 0.333 bits per heavy atom. The smallest absolute Gasteiger partial charge is 0.411 e. The number of hydrogen-bond acceptors (Lipinski definition) is 7. The molecule has 8 rings (SSSR count). The summed E-state index contributed by atoms with van der Waals surface area (Å²) >= 11 is 0. The number of benzene rings is 8. The average molecular weight is 1010 g/mol. The van der Waals surface area contributed by atoms with Crippen molar-refractivity contribution in [3.05, 3.63) is 237 Å². The van der Waals surface area contributed by atoms with E-state index in [9.17, 15) is 15.8 Å². The number of aryl methyl sites for hydroxylation is 2. The van der Waals surface area contributed by atoms with Gasteiger partial charge in [-0.05, 0) is 131 Å². The van der Waals surface area contributed by atoms with E-state index in [0.29, 0.717) is 52.6 Å². The molecular formula is C62H47F6N3O4. The summed E-state index contributed by atoms with van der Waals surface area (Å²) in [5, 5.41) is 29.5. The summed E-state index contributed by atoms with van der Waals surface area (Å²) in [7, 11) is 0. The summed E-state index contributed by atoms with van der Waals surface area (Å²) in [5.74, 6) is 1.42. The molecule has 0 N–H and O–H groups in total. The molecule has 0 radical (unpaired) electrons. The van der Waals surface area contributed by atoms with E-state index in [1.54, 1.807) is 37.3 Å². The van der Waals surface area contributed by atoms with Crippen LogP contribution in [0.5, 0.6) is 46.0 Å². The third kappa shape index (κ3) is 10.2. The van der Waals surface area contributed by atoms with Crippen molar-refractivity contribution < 1.29 is 45.3 Å². The average Bonchev–Trinajstić information content (AvgIpc) is 3.39. The second kappa shape index (κ2) is 20.5. The fourth-order valence-corrected chi connectivity index (χ4v) is 9.07. The number of hydrogen-bond donors (Lipinski definition) is 0. The van der Waals surface area contributed by atoms with Gasteiger partial charge in [-0.25, -0.2) is 0 Å². The molecule has 0 heterocycles. The normalized spacial score (nSPS) is 12.0. The standard InChI is InChI=1S/C62H47F6N3O4/c1-39-11-7-15-54(51(39)36-69)72-47-27-19-41(20-28-47)58(3,4)45-13-9-14-46(35-45)59(5,6)42-21-29-48(30-22-42)74-56-17-10-18-57(53(56)38-71)75-50-33-25-44(26-34-50)60(61(63,64)65,62(66,67)68)43-23-31-49(32-24-43)73-55-16-8-12-40(2)52(55)37-70/h7-35H,1-6H3. The lowest BCUT2D eigenvalue weighted by molar-refractivity contribution is -0.288. The highest BCUT2D eigenvalue weighted by atomic mass is 19.4. The number of nitrogens with zero attached hydrogens (tertiary/aromatic N) is 3. The molecular weight excluding hydrogens is 965 g/mol. The zero-order chi connectivity index (χ0) is 53.9. The first-order chi connectivity index (χ1) is 35.6. The molecule has 13 heteroatoms. The predicted molar refractivity (Wildman–Crippen MR) is 273 cm³/mol. The molecule has 0 amide bonds. The fourth-order valence-electron chi connectivity index (χ4n) is 9.07. The molecule has 0 spiro atoms. The Labute approximate surface area is 431 Å². The number of halogens is 6. The molecule has 0 unspecified atom stereocenters. The largest absolute Gasteiger partial charge is 0.456 e. The van der Waals surface area contributed by atoms with Crippen molar-refractivity contribution in [3.8, 4) is 64.2 Å². The van der Waals surface area contributed by atoms with Gasteiger partial charge < -0.3 is 18.9 Å². The van der Waals surface area contributed by atoms with Crippen LogP contribution in [0.2, 0.25) is 0 Å². The Morgan fingerprint density at radius 3 is 0.893 bits per heavy atom. The van der Waals surface area contributed by atoms with Crippen LogP contribution >= 0.6 is 0 Å². The second-order valence-electron chi connectivity index (χ2n) is 18.9. The molecule has 0 aliphatic rings. The maximum Gasteiger partial charge on any atom is 0.411 e. The van der Waals surface area contributed by atoms with Gasteiger partial charge in [0.15, 0.2) is 0 Å². The molecule has 0 aromatic heterocycles. The van der Waals surface area contributed by atoms with E-state index in [2.05, 4.69) is 52.0 Å². The van der Waals surface area contributed by atoms with Gasteiger partial charge >= 0.3 is 12.4 Å². The minimum absolute atomic E-state index is 0.0503. The molecule has 8 aromatic rings. The van der Waals surface area contributed by atoms with E-state index in [-0.39, 0.29) is 39.9 Å². The van der Waals surface area contributed by atoms with Crippen molar-refractivity contribution in [1.29, 1.82) is 15.8 Å². The van der Waals surface area contributed by atoms with Gasteiger partial charge in [-0.15, -0.1) is 0 Å². The molecule has 376 valence electrons. The van der Waals surface area contributed by atoms with E-state index in [4.69, 9.17) is 18.9 Å². The molecule has 8 aromatic carbocycles. The van der Waals surface area contributed by atoms with Crippen molar-refractivity contribution in [2.75, 3.05) is 0 Å². The van der Waals surface area contributed by atoms with Gasteiger partial charge in [-0.1, -0.05) is 131 Å². The van der Waals surface area contributed by atoms with Crippen LogP contribution in [0.3, 0.4) is 0 Å². The minimum atomic E-state index is -5.86. The van der Waals surface area contributed by atoms with Gasteiger partial charge in [-0.3, -0.25) is 0 Å². The lowest BCUT2D eigenvalue weighted by Gasteiger charge is -2.38. The topological polar surface area (TPSA) is 108 Å². The van der Waals surface area contributed by atoms with Gasteiger partial charge in [0.2, 0.25) is 5.41 Å². The maximum absolute atomic E-state index is 15.1. The Bertz CT molecular complexity index is 3500. The lowest BCUT2D eigenvalue weighted by atomic mass is 9.73. The number of alkyl halides is 6. The highest BCUT2D eigenvalue weighted by Gasteiger charge is 2.72. The Kier molecular flexibility index (Phi) is 14.3. The summed E-state index contributed by atoms with van der Waals surface area (Å²) in [6.07, 6.45) is -11.7. The van der Waals surface area contributed by atoms with Crippen molar-refractivity contribution in [1.82, 2.24) is 0 Å². The number of nitriles is 3. The summed E-state index contributed by atoms with van der Waals surface area (Å²) in [6, 6.07) is 51.3. The first-order valence-electron chi connectivity index (χ1n) is 23.5. The lowest BCUT2D eigenvalue weighted by Crippen LogP contribution is -2.54. The van der Waals surface area contributed by atoms with Gasteiger partial charge in [0, 0.05) is 10.8 Å². The monoisotopic (exact) mass is 1010 g/mol. The van der Waals surface area contributed by atoms with Crippen LogP contribution in [0.25, 0.3) is 0 Å². The summed E-state index contributed by atoms with van der Waals surface area (Å²) in [4.78, 5) is 0. The molecule has 7 nitrogen and oxygen atoms in total. The van der Waals surface area contributed by atoms with Gasteiger partial charge in [0.1, 0.15) is 69.8 Å².